The molecule has 0 fully saturated rings. The summed E-state index contributed by atoms with van der Waals surface area (Å²) in [6.07, 6.45) is 1.29. The van der Waals surface area contributed by atoms with Crippen LogP contribution in [-0.2, 0) is 16.1 Å². The lowest BCUT2D eigenvalue weighted by Crippen LogP contribution is -2.41. The van der Waals surface area contributed by atoms with Gasteiger partial charge in [-0.2, -0.15) is 0 Å². The van der Waals surface area contributed by atoms with E-state index in [1.165, 1.54) is 7.11 Å². The maximum Gasteiger partial charge on any atom is 0.322 e. The van der Waals surface area contributed by atoms with Gasteiger partial charge in [0.05, 0.1) is 39.8 Å². The molecule has 3 aromatic rings. The van der Waals surface area contributed by atoms with Crippen molar-refractivity contribution in [1.82, 2.24) is 14.5 Å². The number of nitrogens with zero attached hydrogens (tertiary/aromatic N) is 3. The third-order valence-electron chi connectivity index (χ3n) is 6.12. The number of amides is 2. The zero-order valence-electron chi connectivity index (χ0n) is 21.5. The summed E-state index contributed by atoms with van der Waals surface area (Å²) in [6.45, 7) is 6.67. The van der Waals surface area contributed by atoms with Gasteiger partial charge in [0.15, 0.2) is 0 Å². The Bertz CT molecular complexity index is 1330. The Balaban J connectivity index is 2.03. The summed E-state index contributed by atoms with van der Waals surface area (Å²) in [6, 6.07) is 11.2. The first kappa shape index (κ1) is 28.5. The van der Waals surface area contributed by atoms with E-state index in [9.17, 15) is 14.4 Å². The molecule has 2 aromatic carbocycles. The van der Waals surface area contributed by atoms with Gasteiger partial charge in [-0.1, -0.05) is 55.2 Å². The number of esters is 1. The van der Waals surface area contributed by atoms with Gasteiger partial charge >= 0.3 is 12.0 Å². The molecule has 0 aliphatic rings. The van der Waals surface area contributed by atoms with Crippen LogP contribution in [0, 0.1) is 5.92 Å². The Morgan fingerprint density at radius 2 is 1.84 bits per heavy atom. The fourth-order valence-corrected chi connectivity index (χ4v) is 4.35. The van der Waals surface area contributed by atoms with Gasteiger partial charge in [0, 0.05) is 19.5 Å². The number of para-hydroxylation sites is 1. The summed E-state index contributed by atoms with van der Waals surface area (Å²) >= 11 is 12.4. The topological polar surface area (TPSA) is 93.5 Å². The first-order valence-corrected chi connectivity index (χ1v) is 13.0. The van der Waals surface area contributed by atoms with Crippen molar-refractivity contribution in [3.05, 3.63) is 68.7 Å². The van der Waals surface area contributed by atoms with E-state index in [2.05, 4.69) is 19.2 Å². The Morgan fingerprint density at radius 3 is 2.54 bits per heavy atom. The van der Waals surface area contributed by atoms with Crippen LogP contribution < -0.4 is 10.9 Å². The lowest BCUT2D eigenvalue weighted by Gasteiger charge is -2.31. The third-order valence-corrected chi connectivity index (χ3v) is 6.94. The monoisotopic (exact) mass is 546 g/mol. The smallest absolute Gasteiger partial charge is 0.322 e. The van der Waals surface area contributed by atoms with Gasteiger partial charge in [-0.05, 0) is 49.9 Å². The number of halogens is 2. The predicted molar refractivity (Wildman–Crippen MR) is 147 cm³/mol. The molecular weight excluding hydrogens is 515 g/mol. The largest absolute Gasteiger partial charge is 0.469 e. The Kier molecular flexibility index (Phi) is 9.94. The highest BCUT2D eigenvalue weighted by molar-refractivity contribution is 6.43. The van der Waals surface area contributed by atoms with Gasteiger partial charge < -0.3 is 15.0 Å². The Hall–Kier alpha value is -3.10. The summed E-state index contributed by atoms with van der Waals surface area (Å²) < 4.78 is 6.30. The van der Waals surface area contributed by atoms with Crippen molar-refractivity contribution in [2.75, 3.05) is 19.0 Å². The standard InChI is InChI=1S/C27H32Cl2N4O4/c1-17(2)14-16-32(27(36)31-22-12-7-10-20(28)24(22)29)18(3)25-30-21-11-6-5-9-19(21)26(35)33(25)15-8-13-23(34)37-4/h5-7,9-12,17-18H,8,13-16H2,1-4H3,(H,31,36). The number of benzene rings is 2. The Labute approximate surface area is 226 Å². The van der Waals surface area contributed by atoms with Crippen molar-refractivity contribution in [3.8, 4) is 0 Å². The molecule has 1 heterocycles. The molecule has 37 heavy (non-hydrogen) atoms. The van der Waals surface area contributed by atoms with Crippen molar-refractivity contribution in [2.45, 2.75) is 52.6 Å². The molecule has 1 atom stereocenters. The normalized spacial score (nSPS) is 12.0. The van der Waals surface area contributed by atoms with Crippen LogP contribution in [0.4, 0.5) is 10.5 Å². The molecule has 0 saturated carbocycles. The van der Waals surface area contributed by atoms with Crippen molar-refractivity contribution in [2.24, 2.45) is 5.92 Å². The molecule has 198 valence electrons. The molecule has 0 radical (unpaired) electrons. The number of hydrogen-bond donors (Lipinski definition) is 1. The summed E-state index contributed by atoms with van der Waals surface area (Å²) in [7, 11) is 1.33. The van der Waals surface area contributed by atoms with E-state index in [1.54, 1.807) is 45.9 Å². The molecule has 0 aliphatic carbocycles. The maximum absolute atomic E-state index is 13.5. The number of urea groups is 1. The molecule has 1 unspecified atom stereocenters. The summed E-state index contributed by atoms with van der Waals surface area (Å²) in [4.78, 5) is 45.2. The quantitative estimate of drug-likeness (QED) is 0.301. The van der Waals surface area contributed by atoms with Crippen LogP contribution in [0.5, 0.6) is 0 Å². The van der Waals surface area contributed by atoms with E-state index in [-0.39, 0.29) is 35.5 Å². The van der Waals surface area contributed by atoms with Crippen LogP contribution in [0.15, 0.2) is 47.3 Å². The minimum absolute atomic E-state index is 0.161. The molecule has 3 rings (SSSR count). The van der Waals surface area contributed by atoms with E-state index >= 15 is 0 Å². The van der Waals surface area contributed by atoms with Crippen LogP contribution in [0.3, 0.4) is 0 Å². The molecular formula is C27H32Cl2N4O4. The van der Waals surface area contributed by atoms with Crippen LogP contribution in [-0.4, -0.2) is 40.1 Å². The van der Waals surface area contributed by atoms with Gasteiger partial charge in [-0.15, -0.1) is 0 Å². The van der Waals surface area contributed by atoms with Crippen LogP contribution in [0.1, 0.15) is 51.9 Å². The highest BCUT2D eigenvalue weighted by Gasteiger charge is 2.27. The molecule has 10 heteroatoms. The molecule has 1 N–H and O–H groups in total. The van der Waals surface area contributed by atoms with E-state index in [0.717, 1.165) is 6.42 Å². The maximum atomic E-state index is 13.5. The number of fused-ring (bicyclic) bond motifs is 1. The number of anilines is 1. The third kappa shape index (κ3) is 7.02. The van der Waals surface area contributed by atoms with Crippen LogP contribution in [0.2, 0.25) is 10.0 Å². The first-order valence-electron chi connectivity index (χ1n) is 12.2. The minimum Gasteiger partial charge on any atom is -0.469 e. The van der Waals surface area contributed by atoms with Gasteiger partial charge in [0.2, 0.25) is 0 Å². The van der Waals surface area contributed by atoms with E-state index in [1.807, 2.05) is 13.0 Å². The number of hydrogen-bond acceptors (Lipinski definition) is 5. The van der Waals surface area contributed by atoms with Gasteiger partial charge in [-0.3, -0.25) is 14.2 Å². The lowest BCUT2D eigenvalue weighted by molar-refractivity contribution is -0.140. The average Bonchev–Trinajstić information content (AvgIpc) is 2.87. The molecule has 0 bridgehead atoms. The van der Waals surface area contributed by atoms with Gasteiger partial charge in [-0.25, -0.2) is 9.78 Å². The molecule has 0 aliphatic heterocycles. The number of carbonyl (C=O) groups excluding carboxylic acids is 2. The first-order chi connectivity index (χ1) is 17.6. The van der Waals surface area contributed by atoms with Crippen molar-refractivity contribution in [1.29, 1.82) is 0 Å². The number of rotatable bonds is 10. The van der Waals surface area contributed by atoms with Crippen molar-refractivity contribution >= 4 is 51.8 Å². The summed E-state index contributed by atoms with van der Waals surface area (Å²) in [5.41, 5.74) is 0.711. The SMILES string of the molecule is COC(=O)CCCn1c(C(C)N(CCC(C)C)C(=O)Nc2cccc(Cl)c2Cl)nc2ccccc2c1=O. The van der Waals surface area contributed by atoms with Gasteiger partial charge in [0.1, 0.15) is 5.82 Å². The second-order valence-electron chi connectivity index (χ2n) is 9.21. The fourth-order valence-electron chi connectivity index (χ4n) is 4.00. The second-order valence-corrected chi connectivity index (χ2v) is 9.99. The highest BCUT2D eigenvalue weighted by atomic mass is 35.5. The van der Waals surface area contributed by atoms with E-state index < -0.39 is 6.04 Å². The number of ether oxygens (including phenoxy) is 1. The van der Waals surface area contributed by atoms with Crippen LogP contribution in [0.25, 0.3) is 10.9 Å². The molecule has 8 nitrogen and oxygen atoms in total. The number of nitrogens with one attached hydrogen (secondary N) is 1. The van der Waals surface area contributed by atoms with Gasteiger partial charge in [0.25, 0.3) is 5.56 Å². The number of aromatic nitrogens is 2. The van der Waals surface area contributed by atoms with E-state index in [0.29, 0.717) is 46.3 Å². The molecule has 1 aromatic heterocycles. The fraction of sp³-hybridized carbons (Fsp3) is 0.407. The molecule has 0 saturated heterocycles. The second kappa shape index (κ2) is 12.9. The van der Waals surface area contributed by atoms with Crippen LogP contribution >= 0.6 is 23.2 Å². The predicted octanol–water partition coefficient (Wildman–Crippen LogP) is 6.30. The zero-order valence-corrected chi connectivity index (χ0v) is 23.0. The average molecular weight is 547 g/mol. The summed E-state index contributed by atoms with van der Waals surface area (Å²) in [5.74, 6) is 0.418. The van der Waals surface area contributed by atoms with Crippen molar-refractivity contribution < 1.29 is 14.3 Å². The molecule has 0 spiro atoms. The minimum atomic E-state index is -0.563. The van der Waals surface area contributed by atoms with Crippen molar-refractivity contribution in [3.63, 3.8) is 0 Å². The molecule has 2 amide bonds. The number of methoxy groups -OCH3 is 1. The Morgan fingerprint density at radius 1 is 1.11 bits per heavy atom. The lowest BCUT2D eigenvalue weighted by atomic mass is 10.1. The zero-order chi connectivity index (χ0) is 27.1. The summed E-state index contributed by atoms with van der Waals surface area (Å²) in [5, 5.41) is 3.91. The highest BCUT2D eigenvalue weighted by Crippen LogP contribution is 2.30. The number of carbonyl (C=O) groups is 2. The van der Waals surface area contributed by atoms with E-state index in [4.69, 9.17) is 32.9 Å².